The molecular formula is C11H14N2O3S2. The molecule has 0 bridgehead atoms. The molecule has 1 atom stereocenters. The molecule has 1 aromatic rings. The van der Waals surface area contributed by atoms with Crippen molar-refractivity contribution in [3.63, 3.8) is 0 Å². The Labute approximate surface area is 109 Å². The minimum Gasteiger partial charge on any atom is -0.260 e. The van der Waals surface area contributed by atoms with Gasteiger partial charge in [0.15, 0.2) is 0 Å². The molecule has 0 spiro atoms. The normalized spacial score (nSPS) is 12.9. The summed E-state index contributed by atoms with van der Waals surface area (Å²) in [7, 11) is -4.64. The lowest BCUT2D eigenvalue weighted by Crippen LogP contribution is -2.28. The van der Waals surface area contributed by atoms with Crippen LogP contribution in [0.3, 0.4) is 0 Å². The van der Waals surface area contributed by atoms with Crippen LogP contribution < -0.4 is 4.72 Å². The Hall–Kier alpha value is -1.23. The summed E-state index contributed by atoms with van der Waals surface area (Å²) in [5.74, 6) is 0.791. The Bertz CT molecular complexity index is 576. The molecule has 5 nitrogen and oxygen atoms in total. The third-order valence-corrected chi connectivity index (χ3v) is 4.98. The summed E-state index contributed by atoms with van der Waals surface area (Å²) < 4.78 is 37.2. The first kappa shape index (κ1) is 14.8. The Kier molecular flexibility index (Phi) is 5.47. The highest BCUT2D eigenvalue weighted by atomic mass is 32.2. The molecule has 1 N–H and O–H groups in total. The van der Waals surface area contributed by atoms with Crippen molar-refractivity contribution in [2.45, 2.75) is 11.8 Å². The fraction of sp³-hybridized carbons (Fsp3) is 0.364. The summed E-state index contributed by atoms with van der Waals surface area (Å²) in [5, 5.41) is 8.70. The van der Waals surface area contributed by atoms with E-state index in [1.807, 2.05) is 6.07 Å². The van der Waals surface area contributed by atoms with Crippen LogP contribution in [0.15, 0.2) is 29.2 Å². The van der Waals surface area contributed by atoms with Crippen LogP contribution in [0.1, 0.15) is 12.5 Å². The van der Waals surface area contributed by atoms with Gasteiger partial charge in [-0.2, -0.15) is 5.26 Å². The summed E-state index contributed by atoms with van der Waals surface area (Å²) in [6.45, 7) is 1.90. The molecule has 0 saturated heterocycles. The summed E-state index contributed by atoms with van der Waals surface area (Å²) in [6.07, 6.45) is 0. The Morgan fingerprint density at radius 1 is 1.44 bits per heavy atom. The molecule has 1 aromatic carbocycles. The number of nitriles is 1. The lowest BCUT2D eigenvalue weighted by atomic mass is 10.2. The van der Waals surface area contributed by atoms with Crippen LogP contribution in [0, 0.1) is 11.3 Å². The Balaban J connectivity index is 2.74. The highest BCUT2D eigenvalue weighted by Crippen LogP contribution is 2.10. The molecule has 0 aliphatic rings. The number of nitrogens with zero attached hydrogens (tertiary/aromatic N) is 1. The smallest absolute Gasteiger partial charge is 0.240 e. The van der Waals surface area contributed by atoms with Gasteiger partial charge in [0.1, 0.15) is 0 Å². The predicted molar refractivity (Wildman–Crippen MR) is 69.9 cm³/mol. The van der Waals surface area contributed by atoms with Crippen LogP contribution in [0.25, 0.3) is 0 Å². The van der Waals surface area contributed by atoms with E-state index in [0.717, 1.165) is 0 Å². The van der Waals surface area contributed by atoms with Crippen molar-refractivity contribution in [1.82, 2.24) is 4.72 Å². The van der Waals surface area contributed by atoms with E-state index in [1.165, 1.54) is 24.3 Å². The van der Waals surface area contributed by atoms with E-state index in [-0.39, 0.29) is 22.8 Å². The Morgan fingerprint density at radius 2 is 2.17 bits per heavy atom. The van der Waals surface area contributed by atoms with Gasteiger partial charge in [-0.15, -0.1) is 0 Å². The van der Waals surface area contributed by atoms with E-state index in [2.05, 4.69) is 4.72 Å². The van der Waals surface area contributed by atoms with Crippen LogP contribution in [0.4, 0.5) is 0 Å². The van der Waals surface area contributed by atoms with Crippen LogP contribution >= 0.6 is 0 Å². The zero-order chi connectivity index (χ0) is 13.6. The van der Waals surface area contributed by atoms with E-state index < -0.39 is 20.8 Å². The highest BCUT2D eigenvalue weighted by Gasteiger charge is 2.14. The van der Waals surface area contributed by atoms with Crippen molar-refractivity contribution < 1.29 is 12.6 Å². The number of hydrogen-bond donors (Lipinski definition) is 1. The number of sulfonamides is 1. The molecule has 0 amide bonds. The van der Waals surface area contributed by atoms with Crippen molar-refractivity contribution in [2.24, 2.45) is 0 Å². The van der Waals surface area contributed by atoms with Crippen LogP contribution in [0.2, 0.25) is 0 Å². The second-order valence-corrected chi connectivity index (χ2v) is 7.10. The monoisotopic (exact) mass is 286 g/mol. The molecule has 0 saturated carbocycles. The third kappa shape index (κ3) is 4.22. The SMILES string of the molecule is CCS(=O)CCNS(=O)(=O)c1cccc(C#N)c1. The molecule has 0 aromatic heterocycles. The van der Waals surface area contributed by atoms with E-state index in [9.17, 15) is 12.6 Å². The minimum absolute atomic E-state index is 0.0452. The van der Waals surface area contributed by atoms with Crippen molar-refractivity contribution in [3.05, 3.63) is 29.8 Å². The average molecular weight is 286 g/mol. The van der Waals surface area contributed by atoms with Gasteiger partial charge in [0.05, 0.1) is 16.5 Å². The van der Waals surface area contributed by atoms with Gasteiger partial charge in [0, 0.05) is 28.9 Å². The average Bonchev–Trinajstić information content (AvgIpc) is 2.38. The highest BCUT2D eigenvalue weighted by molar-refractivity contribution is 7.89. The van der Waals surface area contributed by atoms with E-state index in [4.69, 9.17) is 5.26 Å². The molecule has 98 valence electrons. The van der Waals surface area contributed by atoms with Crippen molar-refractivity contribution in [3.8, 4) is 6.07 Å². The predicted octanol–water partition coefficient (Wildman–Crippen LogP) is 0.605. The third-order valence-electron chi connectivity index (χ3n) is 2.22. The second-order valence-electron chi connectivity index (χ2n) is 3.47. The molecule has 7 heteroatoms. The lowest BCUT2D eigenvalue weighted by Gasteiger charge is -2.06. The molecule has 1 rings (SSSR count). The Morgan fingerprint density at radius 3 is 2.78 bits per heavy atom. The zero-order valence-electron chi connectivity index (χ0n) is 9.92. The molecule has 0 aliphatic carbocycles. The molecule has 0 fully saturated rings. The van der Waals surface area contributed by atoms with Gasteiger partial charge in [-0.3, -0.25) is 4.21 Å². The number of benzene rings is 1. The molecule has 1 unspecified atom stereocenters. The lowest BCUT2D eigenvalue weighted by molar-refractivity contribution is 0.584. The number of hydrogen-bond acceptors (Lipinski definition) is 4. The van der Waals surface area contributed by atoms with Gasteiger partial charge < -0.3 is 0 Å². The molecular weight excluding hydrogens is 272 g/mol. The first-order chi connectivity index (χ1) is 8.49. The zero-order valence-corrected chi connectivity index (χ0v) is 11.6. The largest absolute Gasteiger partial charge is 0.260 e. The molecule has 0 radical (unpaired) electrons. The van der Waals surface area contributed by atoms with Gasteiger partial charge in [0.25, 0.3) is 0 Å². The van der Waals surface area contributed by atoms with Gasteiger partial charge >= 0.3 is 0 Å². The summed E-state index contributed by atoms with van der Waals surface area (Å²) >= 11 is 0. The molecule has 0 aliphatic heterocycles. The van der Waals surface area contributed by atoms with E-state index in [1.54, 1.807) is 6.92 Å². The molecule has 18 heavy (non-hydrogen) atoms. The maximum Gasteiger partial charge on any atom is 0.240 e. The van der Waals surface area contributed by atoms with Crippen LogP contribution in [-0.4, -0.2) is 30.7 Å². The van der Waals surface area contributed by atoms with Crippen LogP contribution in [0.5, 0.6) is 0 Å². The van der Waals surface area contributed by atoms with Crippen molar-refractivity contribution >= 4 is 20.8 Å². The summed E-state index contributed by atoms with van der Waals surface area (Å²) in [4.78, 5) is 0.0452. The van der Waals surface area contributed by atoms with E-state index in [0.29, 0.717) is 5.75 Å². The first-order valence-corrected chi connectivity index (χ1v) is 8.31. The number of nitrogens with one attached hydrogen (secondary N) is 1. The second kappa shape index (κ2) is 6.64. The first-order valence-electron chi connectivity index (χ1n) is 5.34. The van der Waals surface area contributed by atoms with Gasteiger partial charge in [-0.05, 0) is 18.2 Å². The molecule has 0 heterocycles. The fourth-order valence-corrected chi connectivity index (χ4v) is 3.08. The number of rotatable bonds is 6. The van der Waals surface area contributed by atoms with Crippen molar-refractivity contribution in [2.75, 3.05) is 18.1 Å². The summed E-state index contributed by atoms with van der Waals surface area (Å²) in [6, 6.07) is 7.65. The topological polar surface area (TPSA) is 87.0 Å². The van der Waals surface area contributed by atoms with Gasteiger partial charge in [-0.25, -0.2) is 13.1 Å². The van der Waals surface area contributed by atoms with Gasteiger partial charge in [0.2, 0.25) is 10.0 Å². The standard InChI is InChI=1S/C11H14N2O3S2/c1-2-17(14)7-6-13-18(15,16)11-5-3-4-10(8-11)9-12/h3-5,8,13H,2,6-7H2,1H3. The van der Waals surface area contributed by atoms with E-state index >= 15 is 0 Å². The maximum atomic E-state index is 11.9. The fourth-order valence-electron chi connectivity index (χ4n) is 1.25. The van der Waals surface area contributed by atoms with Crippen LogP contribution in [-0.2, 0) is 20.8 Å². The summed E-state index contributed by atoms with van der Waals surface area (Å²) in [5.41, 5.74) is 0.287. The van der Waals surface area contributed by atoms with Crippen molar-refractivity contribution in [1.29, 1.82) is 5.26 Å². The van der Waals surface area contributed by atoms with Gasteiger partial charge in [-0.1, -0.05) is 13.0 Å². The maximum absolute atomic E-state index is 11.9. The quantitative estimate of drug-likeness (QED) is 0.830. The minimum atomic E-state index is -3.63.